The molecule has 0 saturated heterocycles. The number of ether oxygens (including phenoxy) is 2. The fourth-order valence-corrected chi connectivity index (χ4v) is 4.45. The Bertz CT molecular complexity index is 1040. The molecule has 0 N–H and O–H groups in total. The summed E-state index contributed by atoms with van der Waals surface area (Å²) in [4.78, 5) is 17.2. The Morgan fingerprint density at radius 2 is 1.32 bits per heavy atom. The van der Waals surface area contributed by atoms with Crippen molar-refractivity contribution in [3.05, 3.63) is 83.6 Å². The van der Waals surface area contributed by atoms with E-state index in [0.29, 0.717) is 17.9 Å². The van der Waals surface area contributed by atoms with E-state index >= 15 is 0 Å². The molecule has 1 heterocycles. The Balaban J connectivity index is 1.41. The van der Waals surface area contributed by atoms with Gasteiger partial charge in [-0.3, -0.25) is 4.98 Å². The highest BCUT2D eigenvalue weighted by Gasteiger charge is 2.09. The monoisotopic (exact) mass is 515 g/mol. The van der Waals surface area contributed by atoms with Crippen molar-refractivity contribution in [3.8, 4) is 17.0 Å². The predicted molar refractivity (Wildman–Crippen MR) is 157 cm³/mol. The molecule has 3 aromatic rings. The summed E-state index contributed by atoms with van der Waals surface area (Å²) in [6.45, 7) is 5.87. The first-order valence-electron chi connectivity index (χ1n) is 14.6. The van der Waals surface area contributed by atoms with Crippen molar-refractivity contribution in [2.75, 3.05) is 6.61 Å². The number of hydrogen-bond donors (Lipinski definition) is 0. The van der Waals surface area contributed by atoms with Crippen LogP contribution in [0.4, 0.5) is 0 Å². The topological polar surface area (TPSA) is 48.4 Å². The lowest BCUT2D eigenvalue weighted by atomic mass is 10.0. The van der Waals surface area contributed by atoms with Gasteiger partial charge in [0.2, 0.25) is 0 Å². The van der Waals surface area contributed by atoms with Gasteiger partial charge in [0.15, 0.2) is 0 Å². The number of hydrogen-bond acceptors (Lipinski definition) is 4. The van der Waals surface area contributed by atoms with Crippen LogP contribution in [-0.4, -0.2) is 17.6 Å². The Kier molecular flexibility index (Phi) is 13.6. The summed E-state index contributed by atoms with van der Waals surface area (Å²) in [7, 11) is 0. The van der Waals surface area contributed by atoms with E-state index in [2.05, 4.69) is 24.9 Å². The smallest absolute Gasteiger partial charge is 0.343 e. The van der Waals surface area contributed by atoms with E-state index in [9.17, 15) is 4.79 Å². The number of carbonyl (C=O) groups excluding carboxylic acids is 1. The molecule has 0 aliphatic heterocycles. The number of rotatable bonds is 18. The van der Waals surface area contributed by atoms with Crippen LogP contribution in [-0.2, 0) is 17.8 Å². The van der Waals surface area contributed by atoms with Crippen molar-refractivity contribution in [2.24, 2.45) is 0 Å². The van der Waals surface area contributed by atoms with Gasteiger partial charge in [-0.15, -0.1) is 0 Å². The average molecular weight is 516 g/mol. The Morgan fingerprint density at radius 3 is 1.97 bits per heavy atom. The first-order valence-corrected chi connectivity index (χ1v) is 14.6. The molecule has 4 nitrogen and oxygen atoms in total. The number of carbonyl (C=O) groups is 1. The van der Waals surface area contributed by atoms with E-state index < -0.39 is 0 Å². The van der Waals surface area contributed by atoms with Gasteiger partial charge in [-0.05, 0) is 72.9 Å². The van der Waals surface area contributed by atoms with E-state index in [4.69, 9.17) is 9.47 Å². The zero-order valence-corrected chi connectivity index (χ0v) is 23.4. The standard InChI is InChI=1S/C34H45NO3/c1-3-5-7-9-10-12-14-28-15-18-31(19-16-28)34(36)38-32-22-20-30(21-23-32)33-24-17-29(26-35-33)27-37-25-13-11-8-6-4-2/h15-24,26H,3-14,25,27H2,1-2H3. The first-order chi connectivity index (χ1) is 18.7. The van der Waals surface area contributed by atoms with Crippen LogP contribution in [0.2, 0.25) is 0 Å². The number of unbranched alkanes of at least 4 members (excludes halogenated alkanes) is 9. The molecular formula is C34H45NO3. The molecule has 0 radical (unpaired) electrons. The highest BCUT2D eigenvalue weighted by atomic mass is 16.5. The minimum atomic E-state index is -0.336. The Hall–Kier alpha value is -2.98. The lowest BCUT2D eigenvalue weighted by Crippen LogP contribution is -2.08. The van der Waals surface area contributed by atoms with Crippen molar-refractivity contribution >= 4 is 5.97 Å². The zero-order chi connectivity index (χ0) is 26.8. The predicted octanol–water partition coefficient (Wildman–Crippen LogP) is 9.36. The molecule has 0 saturated carbocycles. The van der Waals surface area contributed by atoms with Crippen molar-refractivity contribution in [3.63, 3.8) is 0 Å². The summed E-state index contributed by atoms with van der Waals surface area (Å²) >= 11 is 0. The van der Waals surface area contributed by atoms with Gasteiger partial charge < -0.3 is 9.47 Å². The largest absolute Gasteiger partial charge is 0.423 e. The number of esters is 1. The maximum Gasteiger partial charge on any atom is 0.343 e. The summed E-state index contributed by atoms with van der Waals surface area (Å²) in [5, 5.41) is 0. The van der Waals surface area contributed by atoms with Gasteiger partial charge in [0.25, 0.3) is 0 Å². The summed E-state index contributed by atoms with van der Waals surface area (Å²) in [6, 6.07) is 19.4. The second-order valence-corrected chi connectivity index (χ2v) is 10.1. The number of nitrogens with zero attached hydrogens (tertiary/aromatic N) is 1. The fourth-order valence-electron chi connectivity index (χ4n) is 4.45. The minimum Gasteiger partial charge on any atom is -0.423 e. The maximum absolute atomic E-state index is 12.6. The van der Waals surface area contributed by atoms with E-state index in [1.807, 2.05) is 60.8 Å². The van der Waals surface area contributed by atoms with Crippen molar-refractivity contribution in [2.45, 2.75) is 97.5 Å². The molecule has 0 aliphatic rings. The molecule has 0 bridgehead atoms. The van der Waals surface area contributed by atoms with Gasteiger partial charge in [0.05, 0.1) is 17.9 Å². The van der Waals surface area contributed by atoms with Crippen LogP contribution >= 0.6 is 0 Å². The third kappa shape index (κ3) is 10.8. The minimum absolute atomic E-state index is 0.336. The zero-order valence-electron chi connectivity index (χ0n) is 23.4. The van der Waals surface area contributed by atoms with Gasteiger partial charge in [0, 0.05) is 18.4 Å². The number of benzene rings is 2. The van der Waals surface area contributed by atoms with E-state index in [1.165, 1.54) is 69.8 Å². The number of aromatic nitrogens is 1. The lowest BCUT2D eigenvalue weighted by molar-refractivity contribution is 0.0734. The molecule has 3 rings (SSSR count). The number of pyridine rings is 1. The van der Waals surface area contributed by atoms with Crippen molar-refractivity contribution in [1.29, 1.82) is 0 Å². The van der Waals surface area contributed by atoms with E-state index in [0.717, 1.165) is 36.3 Å². The summed E-state index contributed by atoms with van der Waals surface area (Å²) < 4.78 is 11.4. The quantitative estimate of drug-likeness (QED) is 0.0962. The van der Waals surface area contributed by atoms with Crippen molar-refractivity contribution < 1.29 is 14.3 Å². The van der Waals surface area contributed by atoms with E-state index in [1.54, 1.807) is 0 Å². The van der Waals surface area contributed by atoms with Gasteiger partial charge in [-0.1, -0.05) is 89.8 Å². The average Bonchev–Trinajstić information content (AvgIpc) is 2.95. The highest BCUT2D eigenvalue weighted by Crippen LogP contribution is 2.22. The first kappa shape index (κ1) is 29.6. The lowest BCUT2D eigenvalue weighted by Gasteiger charge is -2.08. The molecule has 0 unspecified atom stereocenters. The summed E-state index contributed by atoms with van der Waals surface area (Å²) in [5.74, 6) is 0.190. The van der Waals surface area contributed by atoms with Crippen LogP contribution in [0.25, 0.3) is 11.3 Å². The van der Waals surface area contributed by atoms with Crippen LogP contribution < -0.4 is 4.74 Å². The molecule has 0 aliphatic carbocycles. The van der Waals surface area contributed by atoms with Gasteiger partial charge in [0.1, 0.15) is 5.75 Å². The number of aryl methyl sites for hydroxylation is 1. The molecule has 2 aromatic carbocycles. The normalized spacial score (nSPS) is 11.0. The fraction of sp³-hybridized carbons (Fsp3) is 0.471. The second-order valence-electron chi connectivity index (χ2n) is 10.1. The third-order valence-electron chi connectivity index (χ3n) is 6.85. The SMILES string of the molecule is CCCCCCCCc1ccc(C(=O)Oc2ccc(-c3ccc(COCCCCCCC)cn3)cc2)cc1. The molecule has 0 amide bonds. The summed E-state index contributed by atoms with van der Waals surface area (Å²) in [6.07, 6.45) is 16.9. The third-order valence-corrected chi connectivity index (χ3v) is 6.85. The molecule has 0 atom stereocenters. The maximum atomic E-state index is 12.6. The van der Waals surface area contributed by atoms with Crippen molar-refractivity contribution in [1.82, 2.24) is 4.98 Å². The molecule has 0 fully saturated rings. The van der Waals surface area contributed by atoms with Crippen LogP contribution in [0.1, 0.15) is 106 Å². The molecule has 4 heteroatoms. The van der Waals surface area contributed by atoms with Gasteiger partial charge in [-0.2, -0.15) is 0 Å². The van der Waals surface area contributed by atoms with E-state index in [-0.39, 0.29) is 5.97 Å². The Labute approximate surface area is 229 Å². The molecule has 1 aromatic heterocycles. The molecule has 0 spiro atoms. The highest BCUT2D eigenvalue weighted by molar-refractivity contribution is 5.91. The van der Waals surface area contributed by atoms with Crippen LogP contribution in [0, 0.1) is 0 Å². The van der Waals surface area contributed by atoms with Crippen LogP contribution in [0.3, 0.4) is 0 Å². The molecule has 38 heavy (non-hydrogen) atoms. The molecule has 204 valence electrons. The Morgan fingerprint density at radius 1 is 0.684 bits per heavy atom. The van der Waals surface area contributed by atoms with Crippen LogP contribution in [0.5, 0.6) is 5.75 Å². The molecular weight excluding hydrogens is 470 g/mol. The van der Waals surface area contributed by atoms with Gasteiger partial charge in [-0.25, -0.2) is 4.79 Å². The second kappa shape index (κ2) is 17.5. The van der Waals surface area contributed by atoms with Crippen LogP contribution in [0.15, 0.2) is 66.9 Å². The van der Waals surface area contributed by atoms with Gasteiger partial charge >= 0.3 is 5.97 Å². The summed E-state index contributed by atoms with van der Waals surface area (Å²) in [5.41, 5.74) is 4.78.